The van der Waals surface area contributed by atoms with Crippen molar-refractivity contribution >= 4 is 11.6 Å². The highest BCUT2D eigenvalue weighted by atomic mass is 19.1. The molecule has 0 aromatic heterocycles. The zero-order valence-electron chi connectivity index (χ0n) is 17.4. The highest BCUT2D eigenvalue weighted by Crippen LogP contribution is 2.23. The van der Waals surface area contributed by atoms with E-state index in [4.69, 9.17) is 4.74 Å². The maximum absolute atomic E-state index is 13.1. The molecular weight excluding hydrogens is 389 g/mol. The number of nitro groups is 1. The molecule has 3 rings (SSSR count). The first kappa shape index (κ1) is 21.7. The van der Waals surface area contributed by atoms with Crippen molar-refractivity contribution in [1.82, 2.24) is 9.80 Å². The van der Waals surface area contributed by atoms with Gasteiger partial charge in [-0.1, -0.05) is 12.1 Å². The van der Waals surface area contributed by atoms with Gasteiger partial charge in [-0.25, -0.2) is 4.39 Å². The Kier molecular flexibility index (Phi) is 6.66. The smallest absolute Gasteiger partial charge is 0.272 e. The molecule has 30 heavy (non-hydrogen) atoms. The molecule has 2 atom stereocenters. The van der Waals surface area contributed by atoms with Crippen LogP contribution >= 0.6 is 0 Å². The van der Waals surface area contributed by atoms with Crippen LogP contribution in [0, 0.1) is 22.9 Å². The second-order valence-corrected chi connectivity index (χ2v) is 7.79. The maximum atomic E-state index is 13.1. The molecule has 0 radical (unpaired) electrons. The molecule has 0 spiro atoms. The van der Waals surface area contributed by atoms with Crippen LogP contribution in [-0.2, 0) is 11.3 Å². The summed E-state index contributed by atoms with van der Waals surface area (Å²) in [6, 6.07) is 11.1. The van der Waals surface area contributed by atoms with E-state index in [9.17, 15) is 19.3 Å². The van der Waals surface area contributed by atoms with Gasteiger partial charge in [-0.3, -0.25) is 19.8 Å². The van der Waals surface area contributed by atoms with E-state index in [2.05, 4.69) is 11.8 Å². The Labute approximate surface area is 175 Å². The molecular formula is C22H26FN3O4. The Bertz CT molecular complexity index is 919. The van der Waals surface area contributed by atoms with Crippen LogP contribution in [-0.4, -0.2) is 52.4 Å². The molecule has 0 bridgehead atoms. The summed E-state index contributed by atoms with van der Waals surface area (Å²) < 4.78 is 18.7. The van der Waals surface area contributed by atoms with Crippen LogP contribution in [0.3, 0.4) is 0 Å². The standard InChI is InChI=1S/C22H26FN3O4/c1-15-10-20(8-9-21(15)26(28)29)30-14-22(27)25-12-16(2)24(11-17(25)3)13-18-4-6-19(23)7-5-18/h4-10,16-17H,11-14H2,1-3H3/t16-,17+/m0/s1. The number of aryl methyl sites for hydroxylation is 1. The van der Waals surface area contributed by atoms with Crippen LogP contribution in [0.15, 0.2) is 42.5 Å². The fourth-order valence-corrected chi connectivity index (χ4v) is 3.74. The molecule has 0 aliphatic carbocycles. The first-order valence-electron chi connectivity index (χ1n) is 9.90. The molecule has 2 aromatic rings. The van der Waals surface area contributed by atoms with Crippen molar-refractivity contribution < 1.29 is 18.8 Å². The summed E-state index contributed by atoms with van der Waals surface area (Å²) >= 11 is 0. The van der Waals surface area contributed by atoms with E-state index < -0.39 is 4.92 Å². The first-order chi connectivity index (χ1) is 14.2. The Morgan fingerprint density at radius 1 is 1.17 bits per heavy atom. The minimum absolute atomic E-state index is 0.0105. The van der Waals surface area contributed by atoms with E-state index in [1.807, 2.05) is 11.8 Å². The topological polar surface area (TPSA) is 75.9 Å². The average molecular weight is 415 g/mol. The number of hydrogen-bond acceptors (Lipinski definition) is 5. The molecule has 8 heteroatoms. The summed E-state index contributed by atoms with van der Waals surface area (Å²) in [6.07, 6.45) is 0. The summed E-state index contributed by atoms with van der Waals surface area (Å²) in [5.41, 5.74) is 1.54. The van der Waals surface area contributed by atoms with E-state index in [-0.39, 0.29) is 36.1 Å². The molecule has 1 heterocycles. The highest BCUT2D eigenvalue weighted by Gasteiger charge is 2.32. The number of amides is 1. The number of nitrogens with zero attached hydrogens (tertiary/aromatic N) is 3. The van der Waals surface area contributed by atoms with Gasteiger partial charge in [0.15, 0.2) is 6.61 Å². The number of nitro benzene ring substituents is 1. The van der Waals surface area contributed by atoms with Crippen LogP contribution in [0.5, 0.6) is 5.75 Å². The number of hydrogen-bond donors (Lipinski definition) is 0. The van der Waals surface area contributed by atoms with Gasteiger partial charge in [0, 0.05) is 43.3 Å². The van der Waals surface area contributed by atoms with Crippen molar-refractivity contribution in [2.24, 2.45) is 0 Å². The lowest BCUT2D eigenvalue weighted by Gasteiger charge is -2.44. The molecule has 1 saturated heterocycles. The minimum Gasteiger partial charge on any atom is -0.484 e. The second kappa shape index (κ2) is 9.21. The zero-order valence-corrected chi connectivity index (χ0v) is 17.4. The van der Waals surface area contributed by atoms with Crippen molar-refractivity contribution in [3.8, 4) is 5.75 Å². The molecule has 2 aromatic carbocycles. The number of rotatable bonds is 6. The van der Waals surface area contributed by atoms with Gasteiger partial charge in [0.2, 0.25) is 0 Å². The third-order valence-corrected chi connectivity index (χ3v) is 5.46. The summed E-state index contributed by atoms with van der Waals surface area (Å²) in [6.45, 7) is 7.56. The van der Waals surface area contributed by atoms with E-state index in [0.29, 0.717) is 30.9 Å². The van der Waals surface area contributed by atoms with Crippen LogP contribution in [0.25, 0.3) is 0 Å². The highest BCUT2D eigenvalue weighted by molar-refractivity contribution is 5.78. The summed E-state index contributed by atoms with van der Waals surface area (Å²) in [4.78, 5) is 27.3. The van der Waals surface area contributed by atoms with Gasteiger partial charge in [-0.05, 0) is 50.6 Å². The van der Waals surface area contributed by atoms with E-state index >= 15 is 0 Å². The van der Waals surface area contributed by atoms with Crippen molar-refractivity contribution in [2.45, 2.75) is 39.4 Å². The Morgan fingerprint density at radius 3 is 2.50 bits per heavy atom. The van der Waals surface area contributed by atoms with E-state index in [0.717, 1.165) is 5.56 Å². The maximum Gasteiger partial charge on any atom is 0.272 e. The Balaban J connectivity index is 1.56. The fraction of sp³-hybridized carbons (Fsp3) is 0.409. The van der Waals surface area contributed by atoms with Gasteiger partial charge >= 0.3 is 0 Å². The van der Waals surface area contributed by atoms with Crippen molar-refractivity contribution in [3.05, 3.63) is 69.5 Å². The molecule has 0 N–H and O–H groups in total. The molecule has 7 nitrogen and oxygen atoms in total. The van der Waals surface area contributed by atoms with Crippen molar-refractivity contribution in [3.63, 3.8) is 0 Å². The molecule has 1 amide bonds. The minimum atomic E-state index is -0.446. The van der Waals surface area contributed by atoms with Crippen molar-refractivity contribution in [2.75, 3.05) is 19.7 Å². The van der Waals surface area contributed by atoms with Crippen LogP contribution < -0.4 is 4.74 Å². The fourth-order valence-electron chi connectivity index (χ4n) is 3.74. The number of ether oxygens (including phenoxy) is 1. The molecule has 1 aliphatic rings. The number of carbonyl (C=O) groups is 1. The number of halogens is 1. The zero-order chi connectivity index (χ0) is 21.8. The molecule has 1 aliphatic heterocycles. The van der Waals surface area contributed by atoms with Gasteiger partial charge < -0.3 is 9.64 Å². The Hall–Kier alpha value is -3.00. The molecule has 1 fully saturated rings. The number of benzene rings is 2. The van der Waals surface area contributed by atoms with Crippen LogP contribution in [0.4, 0.5) is 10.1 Å². The predicted molar refractivity (Wildman–Crippen MR) is 111 cm³/mol. The van der Waals surface area contributed by atoms with E-state index in [1.165, 1.54) is 24.3 Å². The summed E-state index contributed by atoms with van der Waals surface area (Å²) in [5.74, 6) is 0.0627. The van der Waals surface area contributed by atoms with Gasteiger partial charge in [-0.2, -0.15) is 0 Å². The predicted octanol–water partition coefficient (Wildman–Crippen LogP) is 3.54. The third kappa shape index (κ3) is 5.13. The lowest BCUT2D eigenvalue weighted by Crippen LogP contribution is -2.58. The van der Waals surface area contributed by atoms with Crippen LogP contribution in [0.2, 0.25) is 0 Å². The largest absolute Gasteiger partial charge is 0.484 e. The quantitative estimate of drug-likeness (QED) is 0.533. The normalized spacial score (nSPS) is 19.5. The summed E-state index contributed by atoms with van der Waals surface area (Å²) in [7, 11) is 0. The van der Waals surface area contributed by atoms with Gasteiger partial charge in [-0.15, -0.1) is 0 Å². The van der Waals surface area contributed by atoms with Crippen LogP contribution in [0.1, 0.15) is 25.0 Å². The molecule has 0 unspecified atom stereocenters. The second-order valence-electron chi connectivity index (χ2n) is 7.79. The first-order valence-corrected chi connectivity index (χ1v) is 9.90. The van der Waals surface area contributed by atoms with Gasteiger partial charge in [0.05, 0.1) is 4.92 Å². The average Bonchev–Trinajstić information content (AvgIpc) is 2.70. The molecule has 0 saturated carbocycles. The lowest BCUT2D eigenvalue weighted by molar-refractivity contribution is -0.385. The van der Waals surface area contributed by atoms with E-state index in [1.54, 1.807) is 25.1 Å². The monoisotopic (exact) mass is 415 g/mol. The Morgan fingerprint density at radius 2 is 1.87 bits per heavy atom. The number of piperazine rings is 1. The van der Waals surface area contributed by atoms with Gasteiger partial charge in [0.1, 0.15) is 11.6 Å². The van der Waals surface area contributed by atoms with Crippen molar-refractivity contribution in [1.29, 1.82) is 0 Å². The SMILES string of the molecule is Cc1cc(OCC(=O)N2C[C@H](C)N(Cc3ccc(F)cc3)C[C@H]2C)ccc1[N+](=O)[O-]. The lowest BCUT2D eigenvalue weighted by atomic mass is 10.1. The molecule has 160 valence electrons. The summed E-state index contributed by atoms with van der Waals surface area (Å²) in [5, 5.41) is 10.9. The number of carbonyl (C=O) groups excluding carboxylic acids is 1. The van der Waals surface area contributed by atoms with Gasteiger partial charge in [0.25, 0.3) is 11.6 Å². The third-order valence-electron chi connectivity index (χ3n) is 5.46.